The normalized spacial score (nSPS) is 10.9. The number of hydrogen-bond donors (Lipinski definition) is 1. The van der Waals surface area contributed by atoms with Gasteiger partial charge in [0.25, 0.3) is 0 Å². The third-order valence-electron chi connectivity index (χ3n) is 3.13. The largest absolute Gasteiger partial charge is 0.382 e. The van der Waals surface area contributed by atoms with Gasteiger partial charge in [0.05, 0.1) is 0 Å². The zero-order valence-electron chi connectivity index (χ0n) is 10.0. The van der Waals surface area contributed by atoms with Crippen LogP contribution in [-0.4, -0.2) is 6.04 Å². The Morgan fingerprint density at radius 3 is 2.38 bits per heavy atom. The van der Waals surface area contributed by atoms with Crippen LogP contribution in [-0.2, 0) is 0 Å². The molecule has 0 spiro atoms. The SMILES string of the molecule is CCC(CC)Nc1cccc2ccccc12. The summed E-state index contributed by atoms with van der Waals surface area (Å²) in [6.07, 6.45) is 2.33. The lowest BCUT2D eigenvalue weighted by atomic mass is 10.1. The molecule has 0 unspecified atom stereocenters. The molecule has 0 amide bonds. The fourth-order valence-electron chi connectivity index (χ4n) is 2.06. The molecule has 0 atom stereocenters. The van der Waals surface area contributed by atoms with Crippen molar-refractivity contribution < 1.29 is 0 Å². The van der Waals surface area contributed by atoms with E-state index in [1.165, 1.54) is 29.3 Å². The van der Waals surface area contributed by atoms with E-state index in [1.807, 2.05) is 0 Å². The second kappa shape index (κ2) is 5.02. The molecule has 0 saturated heterocycles. The van der Waals surface area contributed by atoms with E-state index in [9.17, 15) is 0 Å². The molecule has 1 nitrogen and oxygen atoms in total. The van der Waals surface area contributed by atoms with Gasteiger partial charge >= 0.3 is 0 Å². The Bertz CT molecular complexity index is 452. The van der Waals surface area contributed by atoms with Crippen molar-refractivity contribution in [1.29, 1.82) is 0 Å². The van der Waals surface area contributed by atoms with E-state index in [4.69, 9.17) is 0 Å². The van der Waals surface area contributed by atoms with Crippen LogP contribution in [0.15, 0.2) is 42.5 Å². The molecule has 0 aromatic heterocycles. The molecule has 0 heterocycles. The highest BCUT2D eigenvalue weighted by atomic mass is 14.9. The highest BCUT2D eigenvalue weighted by Gasteiger charge is 2.05. The first-order valence-electron chi connectivity index (χ1n) is 6.09. The van der Waals surface area contributed by atoms with Gasteiger partial charge in [-0.3, -0.25) is 0 Å². The molecule has 2 rings (SSSR count). The van der Waals surface area contributed by atoms with Gasteiger partial charge in [-0.15, -0.1) is 0 Å². The van der Waals surface area contributed by atoms with Crippen LogP contribution in [0.3, 0.4) is 0 Å². The Morgan fingerprint density at radius 1 is 0.938 bits per heavy atom. The second-order valence-corrected chi connectivity index (χ2v) is 4.18. The van der Waals surface area contributed by atoms with Crippen LogP contribution in [0.4, 0.5) is 5.69 Å². The van der Waals surface area contributed by atoms with Gasteiger partial charge in [0, 0.05) is 17.1 Å². The molecule has 1 heteroatoms. The monoisotopic (exact) mass is 213 g/mol. The van der Waals surface area contributed by atoms with Crippen molar-refractivity contribution in [1.82, 2.24) is 0 Å². The van der Waals surface area contributed by atoms with E-state index in [-0.39, 0.29) is 0 Å². The lowest BCUT2D eigenvalue weighted by Crippen LogP contribution is -2.16. The maximum Gasteiger partial charge on any atom is 0.0422 e. The molecule has 0 aliphatic heterocycles. The molecule has 84 valence electrons. The van der Waals surface area contributed by atoms with Crippen molar-refractivity contribution >= 4 is 16.5 Å². The minimum absolute atomic E-state index is 0.575. The predicted octanol–water partition coefficient (Wildman–Crippen LogP) is 4.44. The molecular weight excluding hydrogens is 194 g/mol. The van der Waals surface area contributed by atoms with Gasteiger partial charge in [0.1, 0.15) is 0 Å². The molecule has 1 N–H and O–H groups in total. The summed E-state index contributed by atoms with van der Waals surface area (Å²) in [5, 5.41) is 6.24. The first-order valence-corrected chi connectivity index (χ1v) is 6.09. The summed E-state index contributed by atoms with van der Waals surface area (Å²) < 4.78 is 0. The maximum absolute atomic E-state index is 3.62. The highest BCUT2D eigenvalue weighted by Crippen LogP contribution is 2.24. The van der Waals surface area contributed by atoms with Crippen LogP contribution >= 0.6 is 0 Å². The Hall–Kier alpha value is -1.50. The van der Waals surface area contributed by atoms with Gasteiger partial charge in [-0.25, -0.2) is 0 Å². The smallest absolute Gasteiger partial charge is 0.0422 e. The Labute approximate surface area is 97.5 Å². The Balaban J connectivity index is 2.36. The summed E-state index contributed by atoms with van der Waals surface area (Å²) >= 11 is 0. The molecule has 0 fully saturated rings. The van der Waals surface area contributed by atoms with Crippen molar-refractivity contribution in [3.63, 3.8) is 0 Å². The molecule has 0 aliphatic rings. The Kier molecular flexibility index (Phi) is 3.45. The van der Waals surface area contributed by atoms with E-state index < -0.39 is 0 Å². The third kappa shape index (κ3) is 2.19. The lowest BCUT2D eigenvalue weighted by Gasteiger charge is -2.17. The Morgan fingerprint density at radius 2 is 1.62 bits per heavy atom. The average molecular weight is 213 g/mol. The van der Waals surface area contributed by atoms with E-state index in [0.29, 0.717) is 6.04 Å². The molecule has 0 radical (unpaired) electrons. The van der Waals surface area contributed by atoms with Gasteiger partial charge in [-0.2, -0.15) is 0 Å². The summed E-state index contributed by atoms with van der Waals surface area (Å²) in [5.41, 5.74) is 1.26. The third-order valence-corrected chi connectivity index (χ3v) is 3.13. The summed E-state index contributed by atoms with van der Waals surface area (Å²) in [6, 6.07) is 15.5. The lowest BCUT2D eigenvalue weighted by molar-refractivity contribution is 0.672. The van der Waals surface area contributed by atoms with E-state index in [0.717, 1.165) is 0 Å². The number of rotatable bonds is 4. The van der Waals surface area contributed by atoms with Crippen LogP contribution in [0.25, 0.3) is 10.8 Å². The van der Waals surface area contributed by atoms with E-state index >= 15 is 0 Å². The molecule has 0 aliphatic carbocycles. The van der Waals surface area contributed by atoms with Crippen molar-refractivity contribution in [2.24, 2.45) is 0 Å². The number of anilines is 1. The molecule has 2 aromatic carbocycles. The fourth-order valence-corrected chi connectivity index (χ4v) is 2.06. The molecule has 16 heavy (non-hydrogen) atoms. The van der Waals surface area contributed by atoms with Gasteiger partial charge in [-0.1, -0.05) is 50.2 Å². The van der Waals surface area contributed by atoms with Crippen LogP contribution in [0.2, 0.25) is 0 Å². The van der Waals surface area contributed by atoms with Gasteiger partial charge < -0.3 is 5.32 Å². The minimum Gasteiger partial charge on any atom is -0.382 e. The zero-order chi connectivity index (χ0) is 11.4. The number of hydrogen-bond acceptors (Lipinski definition) is 1. The summed E-state index contributed by atoms with van der Waals surface area (Å²) in [7, 11) is 0. The van der Waals surface area contributed by atoms with Crippen molar-refractivity contribution in [2.45, 2.75) is 32.7 Å². The van der Waals surface area contributed by atoms with Gasteiger partial charge in [0.2, 0.25) is 0 Å². The highest BCUT2D eigenvalue weighted by molar-refractivity contribution is 5.93. The molecule has 0 saturated carbocycles. The first-order chi connectivity index (χ1) is 7.85. The number of benzene rings is 2. The predicted molar refractivity (Wildman–Crippen MR) is 71.9 cm³/mol. The second-order valence-electron chi connectivity index (χ2n) is 4.18. The molecule has 0 bridgehead atoms. The van der Waals surface area contributed by atoms with E-state index in [2.05, 4.69) is 61.6 Å². The summed E-state index contributed by atoms with van der Waals surface area (Å²) in [6.45, 7) is 4.46. The average Bonchev–Trinajstić information content (AvgIpc) is 2.36. The van der Waals surface area contributed by atoms with Gasteiger partial charge in [0.15, 0.2) is 0 Å². The quantitative estimate of drug-likeness (QED) is 0.791. The topological polar surface area (TPSA) is 12.0 Å². The summed E-state index contributed by atoms with van der Waals surface area (Å²) in [5.74, 6) is 0. The van der Waals surface area contributed by atoms with Crippen LogP contribution < -0.4 is 5.32 Å². The fraction of sp³-hybridized carbons (Fsp3) is 0.333. The zero-order valence-corrected chi connectivity index (χ0v) is 10.0. The summed E-state index contributed by atoms with van der Waals surface area (Å²) in [4.78, 5) is 0. The van der Waals surface area contributed by atoms with Crippen molar-refractivity contribution in [3.05, 3.63) is 42.5 Å². The van der Waals surface area contributed by atoms with Crippen LogP contribution in [0.1, 0.15) is 26.7 Å². The minimum atomic E-state index is 0.575. The number of nitrogens with one attached hydrogen (secondary N) is 1. The van der Waals surface area contributed by atoms with E-state index in [1.54, 1.807) is 0 Å². The molecule has 2 aromatic rings. The van der Waals surface area contributed by atoms with Gasteiger partial charge in [-0.05, 0) is 24.3 Å². The van der Waals surface area contributed by atoms with Crippen molar-refractivity contribution in [2.75, 3.05) is 5.32 Å². The maximum atomic E-state index is 3.62. The molecular formula is C15H19N. The number of fused-ring (bicyclic) bond motifs is 1. The van der Waals surface area contributed by atoms with Crippen LogP contribution in [0.5, 0.6) is 0 Å². The van der Waals surface area contributed by atoms with Crippen molar-refractivity contribution in [3.8, 4) is 0 Å². The standard InChI is InChI=1S/C15H19N/c1-3-13(4-2)16-15-11-7-9-12-8-5-6-10-14(12)15/h5-11,13,16H,3-4H2,1-2H3. The first kappa shape index (κ1) is 11.0. The van der Waals surface area contributed by atoms with Crippen LogP contribution in [0, 0.1) is 0 Å².